The van der Waals surface area contributed by atoms with Crippen LogP contribution in [0, 0.1) is 12.7 Å². The maximum atomic E-state index is 13.0. The normalized spacial score (nSPS) is 20.7. The Bertz CT molecular complexity index is 338. The molecule has 0 aliphatic carbocycles. The molecule has 3 heteroatoms. The highest BCUT2D eigenvalue weighted by molar-refractivity contribution is 5.43. The molecule has 1 heterocycles. The van der Waals surface area contributed by atoms with Gasteiger partial charge in [0.05, 0.1) is 6.61 Å². The van der Waals surface area contributed by atoms with Crippen LogP contribution in [0.15, 0.2) is 12.1 Å². The van der Waals surface area contributed by atoms with Gasteiger partial charge in [0.1, 0.15) is 11.6 Å². The fraction of sp³-hybridized carbons (Fsp3) is 0.400. The van der Waals surface area contributed by atoms with E-state index in [2.05, 4.69) is 0 Å². The molecule has 2 N–H and O–H groups in total. The molecule has 70 valence electrons. The Morgan fingerprint density at radius 2 is 2.31 bits per heavy atom. The number of aryl methyl sites for hydroxylation is 1. The van der Waals surface area contributed by atoms with E-state index in [0.717, 1.165) is 17.5 Å². The summed E-state index contributed by atoms with van der Waals surface area (Å²) in [5, 5.41) is 0. The summed E-state index contributed by atoms with van der Waals surface area (Å²) in [6.07, 6.45) is 0.805. The average Bonchev–Trinajstić information content (AvgIpc) is 2.02. The first-order chi connectivity index (χ1) is 6.18. The SMILES string of the molecule is Cc1cc(F)cc2c1[C@H](N)CCO2. The summed E-state index contributed by atoms with van der Waals surface area (Å²) in [7, 11) is 0. The van der Waals surface area contributed by atoms with E-state index in [4.69, 9.17) is 10.5 Å². The first-order valence-electron chi connectivity index (χ1n) is 4.37. The lowest BCUT2D eigenvalue weighted by Crippen LogP contribution is -2.21. The van der Waals surface area contributed by atoms with Gasteiger partial charge >= 0.3 is 0 Å². The molecule has 1 atom stereocenters. The van der Waals surface area contributed by atoms with Crippen molar-refractivity contribution in [3.05, 3.63) is 29.1 Å². The Balaban J connectivity index is 2.56. The Morgan fingerprint density at radius 3 is 3.08 bits per heavy atom. The largest absolute Gasteiger partial charge is 0.493 e. The van der Waals surface area contributed by atoms with Crippen molar-refractivity contribution in [1.29, 1.82) is 0 Å². The number of benzene rings is 1. The molecule has 13 heavy (non-hydrogen) atoms. The number of nitrogens with two attached hydrogens (primary N) is 1. The number of halogens is 1. The van der Waals surface area contributed by atoms with E-state index >= 15 is 0 Å². The van der Waals surface area contributed by atoms with Crippen molar-refractivity contribution in [2.45, 2.75) is 19.4 Å². The maximum absolute atomic E-state index is 13.0. The Morgan fingerprint density at radius 1 is 1.54 bits per heavy atom. The Kier molecular flexibility index (Phi) is 1.96. The van der Waals surface area contributed by atoms with E-state index in [1.807, 2.05) is 6.92 Å². The Hall–Kier alpha value is -1.09. The summed E-state index contributed by atoms with van der Waals surface area (Å²) in [5.74, 6) is 0.349. The van der Waals surface area contributed by atoms with Crippen LogP contribution in [0.25, 0.3) is 0 Å². The quantitative estimate of drug-likeness (QED) is 0.663. The Labute approximate surface area is 76.5 Å². The number of fused-ring (bicyclic) bond motifs is 1. The first kappa shape index (κ1) is 8.51. The van der Waals surface area contributed by atoms with Crippen LogP contribution in [0.3, 0.4) is 0 Å². The molecule has 1 aromatic rings. The van der Waals surface area contributed by atoms with E-state index < -0.39 is 0 Å². The molecule has 1 aliphatic heterocycles. The molecule has 0 radical (unpaired) electrons. The van der Waals surface area contributed by atoms with Gasteiger partial charge in [-0.15, -0.1) is 0 Å². The summed E-state index contributed by atoms with van der Waals surface area (Å²) >= 11 is 0. The number of ether oxygens (including phenoxy) is 1. The van der Waals surface area contributed by atoms with Gasteiger partial charge in [-0.2, -0.15) is 0 Å². The lowest BCUT2D eigenvalue weighted by molar-refractivity contribution is 0.267. The van der Waals surface area contributed by atoms with E-state index in [-0.39, 0.29) is 11.9 Å². The van der Waals surface area contributed by atoms with Crippen molar-refractivity contribution in [2.24, 2.45) is 5.73 Å². The fourth-order valence-corrected chi connectivity index (χ4v) is 1.76. The van der Waals surface area contributed by atoms with Gasteiger partial charge in [0.25, 0.3) is 0 Å². The molecule has 2 rings (SSSR count). The van der Waals surface area contributed by atoms with Crippen LogP contribution in [0.5, 0.6) is 5.75 Å². The molecule has 0 fully saturated rings. The van der Waals surface area contributed by atoms with Gasteiger partial charge in [-0.1, -0.05) is 0 Å². The summed E-state index contributed by atoms with van der Waals surface area (Å²) in [5.41, 5.74) is 7.72. The third-order valence-corrected chi connectivity index (χ3v) is 2.37. The van der Waals surface area contributed by atoms with Crippen LogP contribution >= 0.6 is 0 Å². The van der Waals surface area contributed by atoms with Crippen LogP contribution in [0.2, 0.25) is 0 Å². The van der Waals surface area contributed by atoms with Gasteiger partial charge < -0.3 is 10.5 Å². The molecule has 0 aromatic heterocycles. The second kappa shape index (κ2) is 3.00. The lowest BCUT2D eigenvalue weighted by Gasteiger charge is -2.24. The first-order valence-corrected chi connectivity index (χ1v) is 4.37. The number of rotatable bonds is 0. The third kappa shape index (κ3) is 1.40. The molecule has 0 saturated heterocycles. The average molecular weight is 181 g/mol. The van der Waals surface area contributed by atoms with Crippen molar-refractivity contribution >= 4 is 0 Å². The zero-order valence-electron chi connectivity index (χ0n) is 7.51. The molecular formula is C10H12FNO. The van der Waals surface area contributed by atoms with E-state index in [1.165, 1.54) is 12.1 Å². The summed E-state index contributed by atoms with van der Waals surface area (Å²) in [6.45, 7) is 2.44. The van der Waals surface area contributed by atoms with E-state index in [0.29, 0.717) is 12.4 Å². The molecule has 1 aromatic carbocycles. The van der Waals surface area contributed by atoms with Crippen LogP contribution in [0.1, 0.15) is 23.6 Å². The van der Waals surface area contributed by atoms with Crippen molar-refractivity contribution in [1.82, 2.24) is 0 Å². The summed E-state index contributed by atoms with van der Waals surface area (Å²) in [6, 6.07) is 2.89. The molecule has 2 nitrogen and oxygen atoms in total. The molecule has 0 amide bonds. The molecule has 0 saturated carbocycles. The van der Waals surface area contributed by atoms with Crippen LogP contribution < -0.4 is 10.5 Å². The minimum atomic E-state index is -0.259. The van der Waals surface area contributed by atoms with Gasteiger partial charge in [0, 0.05) is 24.1 Å². The minimum absolute atomic E-state index is 0.00986. The van der Waals surface area contributed by atoms with Crippen LogP contribution in [-0.4, -0.2) is 6.61 Å². The van der Waals surface area contributed by atoms with Gasteiger partial charge in [-0.25, -0.2) is 4.39 Å². The fourth-order valence-electron chi connectivity index (χ4n) is 1.76. The van der Waals surface area contributed by atoms with Crippen LogP contribution in [-0.2, 0) is 0 Å². The predicted molar refractivity (Wildman–Crippen MR) is 48.2 cm³/mol. The minimum Gasteiger partial charge on any atom is -0.493 e. The highest BCUT2D eigenvalue weighted by Crippen LogP contribution is 2.33. The van der Waals surface area contributed by atoms with E-state index in [1.54, 1.807) is 0 Å². The predicted octanol–water partition coefficient (Wildman–Crippen LogP) is 1.92. The summed E-state index contributed by atoms with van der Waals surface area (Å²) < 4.78 is 18.3. The highest BCUT2D eigenvalue weighted by atomic mass is 19.1. The molecule has 0 bridgehead atoms. The zero-order chi connectivity index (χ0) is 9.42. The standard InChI is InChI=1S/C10H12FNO/c1-6-4-7(11)5-9-10(6)8(12)2-3-13-9/h4-5,8H,2-3,12H2,1H3/t8-/m1/s1. The van der Waals surface area contributed by atoms with Gasteiger partial charge in [0.2, 0.25) is 0 Å². The number of hydrogen-bond donors (Lipinski definition) is 1. The van der Waals surface area contributed by atoms with Gasteiger partial charge in [-0.3, -0.25) is 0 Å². The van der Waals surface area contributed by atoms with Gasteiger partial charge in [0.15, 0.2) is 0 Å². The highest BCUT2D eigenvalue weighted by Gasteiger charge is 2.20. The third-order valence-electron chi connectivity index (χ3n) is 2.37. The van der Waals surface area contributed by atoms with Crippen molar-refractivity contribution in [3.63, 3.8) is 0 Å². The van der Waals surface area contributed by atoms with Crippen molar-refractivity contribution < 1.29 is 9.13 Å². The zero-order valence-corrected chi connectivity index (χ0v) is 7.51. The second-order valence-corrected chi connectivity index (χ2v) is 3.38. The monoisotopic (exact) mass is 181 g/mol. The van der Waals surface area contributed by atoms with E-state index in [9.17, 15) is 4.39 Å². The van der Waals surface area contributed by atoms with Crippen molar-refractivity contribution in [3.8, 4) is 5.75 Å². The smallest absolute Gasteiger partial charge is 0.127 e. The maximum Gasteiger partial charge on any atom is 0.127 e. The second-order valence-electron chi connectivity index (χ2n) is 3.38. The summed E-state index contributed by atoms with van der Waals surface area (Å²) in [4.78, 5) is 0. The molecule has 0 unspecified atom stereocenters. The molecule has 1 aliphatic rings. The van der Waals surface area contributed by atoms with Crippen LogP contribution in [0.4, 0.5) is 4.39 Å². The topological polar surface area (TPSA) is 35.2 Å². The molecule has 0 spiro atoms. The van der Waals surface area contributed by atoms with Gasteiger partial charge in [-0.05, 0) is 18.6 Å². The molecular weight excluding hydrogens is 169 g/mol. The van der Waals surface area contributed by atoms with Crippen molar-refractivity contribution in [2.75, 3.05) is 6.61 Å². The lowest BCUT2D eigenvalue weighted by atomic mass is 9.96. The number of hydrogen-bond acceptors (Lipinski definition) is 2.